The highest BCUT2D eigenvalue weighted by Gasteiger charge is 2.46. The molecule has 5 atom stereocenters. The lowest BCUT2D eigenvalue weighted by molar-refractivity contribution is -0.275. The molecule has 30 heavy (non-hydrogen) atoms. The Bertz CT molecular complexity index is 909. The van der Waals surface area contributed by atoms with Crippen LogP contribution in [0.2, 0.25) is 5.02 Å². The number of ether oxygens (including phenoxy) is 2. The van der Waals surface area contributed by atoms with E-state index in [9.17, 15) is 25.5 Å². The van der Waals surface area contributed by atoms with Crippen molar-refractivity contribution in [2.75, 3.05) is 18.5 Å². The summed E-state index contributed by atoms with van der Waals surface area (Å²) in [6, 6.07) is 10.9. The summed E-state index contributed by atoms with van der Waals surface area (Å²) in [4.78, 5) is 0. The SMILES string of the molecule is OC(O)C1O[C@@H](c2ccc(Cl)c(Cc3ccc4c(c3)NCCO4)c2)[C@H](O)[C@@H](O)[C@@H]1O. The van der Waals surface area contributed by atoms with Crippen LogP contribution in [0.3, 0.4) is 0 Å². The molecule has 162 valence electrons. The van der Waals surface area contributed by atoms with Gasteiger partial charge in [0.2, 0.25) is 0 Å². The standard InChI is InChI=1S/C21H24ClNO7/c22-13-3-2-11(19-17(25)16(24)18(26)20(30-19)21(27)28)9-12(13)7-10-1-4-15-14(8-10)23-5-6-29-15/h1-4,8-9,16-21,23-28H,5-7H2/t16-,17-,18+,19+,20?/m1/s1. The highest BCUT2D eigenvalue weighted by molar-refractivity contribution is 6.31. The van der Waals surface area contributed by atoms with Gasteiger partial charge in [-0.1, -0.05) is 29.8 Å². The second-order valence-corrected chi connectivity index (χ2v) is 7.95. The van der Waals surface area contributed by atoms with Gasteiger partial charge >= 0.3 is 0 Å². The number of aliphatic hydroxyl groups excluding tert-OH is 4. The minimum absolute atomic E-state index is 0.498. The number of nitrogens with one attached hydrogen (secondary N) is 1. The maximum absolute atomic E-state index is 10.4. The number of hydrogen-bond acceptors (Lipinski definition) is 8. The molecule has 2 aliphatic rings. The van der Waals surface area contributed by atoms with E-state index in [1.807, 2.05) is 18.2 Å². The molecule has 2 aromatic carbocycles. The third kappa shape index (κ3) is 4.13. The molecular formula is C21H24ClNO7. The zero-order valence-electron chi connectivity index (χ0n) is 16.0. The Kier molecular flexibility index (Phi) is 6.17. The molecular weight excluding hydrogens is 414 g/mol. The summed E-state index contributed by atoms with van der Waals surface area (Å²) in [6.45, 7) is 1.35. The molecule has 1 saturated heterocycles. The smallest absolute Gasteiger partial charge is 0.181 e. The molecule has 0 saturated carbocycles. The van der Waals surface area contributed by atoms with Gasteiger partial charge in [-0.3, -0.25) is 0 Å². The minimum Gasteiger partial charge on any atom is -0.490 e. The van der Waals surface area contributed by atoms with Crippen molar-refractivity contribution in [2.45, 2.75) is 43.2 Å². The Morgan fingerprint density at radius 1 is 1.03 bits per heavy atom. The largest absolute Gasteiger partial charge is 0.490 e. The van der Waals surface area contributed by atoms with Crippen molar-refractivity contribution >= 4 is 17.3 Å². The third-order valence-corrected chi connectivity index (χ3v) is 5.82. The fourth-order valence-electron chi connectivity index (χ4n) is 3.85. The average Bonchev–Trinajstić information content (AvgIpc) is 2.73. The summed E-state index contributed by atoms with van der Waals surface area (Å²) in [5, 5.41) is 53.2. The molecule has 4 rings (SSSR count). The van der Waals surface area contributed by atoms with Crippen LogP contribution in [0.1, 0.15) is 22.8 Å². The Morgan fingerprint density at radius 3 is 2.60 bits per heavy atom. The molecule has 8 nitrogen and oxygen atoms in total. The summed E-state index contributed by atoms with van der Waals surface area (Å²) < 4.78 is 11.1. The third-order valence-electron chi connectivity index (χ3n) is 5.46. The molecule has 1 unspecified atom stereocenters. The van der Waals surface area contributed by atoms with Gasteiger partial charge in [-0.25, -0.2) is 0 Å². The Labute approximate surface area is 178 Å². The van der Waals surface area contributed by atoms with Crippen molar-refractivity contribution in [3.05, 3.63) is 58.1 Å². The molecule has 2 heterocycles. The number of anilines is 1. The number of aliphatic hydroxyl groups is 5. The van der Waals surface area contributed by atoms with Gasteiger partial charge in [0.25, 0.3) is 0 Å². The number of fused-ring (bicyclic) bond motifs is 1. The van der Waals surface area contributed by atoms with Crippen LogP contribution in [-0.2, 0) is 11.2 Å². The van der Waals surface area contributed by atoms with Crippen molar-refractivity contribution in [1.29, 1.82) is 0 Å². The lowest BCUT2D eigenvalue weighted by Crippen LogP contribution is -2.57. The van der Waals surface area contributed by atoms with Gasteiger partial charge in [0.05, 0.1) is 5.69 Å². The normalized spacial score (nSPS) is 28.6. The number of halogens is 1. The summed E-state index contributed by atoms with van der Waals surface area (Å²) in [7, 11) is 0. The molecule has 9 heteroatoms. The maximum atomic E-state index is 10.4. The van der Waals surface area contributed by atoms with Crippen LogP contribution in [-0.4, -0.2) is 69.4 Å². The highest BCUT2D eigenvalue weighted by Crippen LogP contribution is 2.36. The van der Waals surface area contributed by atoms with Crippen LogP contribution >= 0.6 is 11.6 Å². The van der Waals surface area contributed by atoms with Gasteiger partial charge in [-0.15, -0.1) is 0 Å². The quantitative estimate of drug-likeness (QED) is 0.383. The monoisotopic (exact) mass is 437 g/mol. The van der Waals surface area contributed by atoms with Crippen LogP contribution in [0.25, 0.3) is 0 Å². The molecule has 2 aliphatic heterocycles. The average molecular weight is 438 g/mol. The van der Waals surface area contributed by atoms with Gasteiger partial charge in [0, 0.05) is 11.6 Å². The first-order chi connectivity index (χ1) is 14.3. The maximum Gasteiger partial charge on any atom is 0.181 e. The summed E-state index contributed by atoms with van der Waals surface area (Å²) in [5.41, 5.74) is 3.17. The first-order valence-corrected chi connectivity index (χ1v) is 10.1. The first-order valence-electron chi connectivity index (χ1n) is 9.69. The highest BCUT2D eigenvalue weighted by atomic mass is 35.5. The molecule has 0 amide bonds. The summed E-state index contributed by atoms with van der Waals surface area (Å²) >= 11 is 6.38. The number of rotatable bonds is 4. The predicted octanol–water partition coefficient (Wildman–Crippen LogP) is 0.568. The van der Waals surface area contributed by atoms with Gasteiger partial charge in [0.1, 0.15) is 42.9 Å². The van der Waals surface area contributed by atoms with Crippen molar-refractivity contribution in [2.24, 2.45) is 0 Å². The van der Waals surface area contributed by atoms with Crippen molar-refractivity contribution in [3.8, 4) is 5.75 Å². The van der Waals surface area contributed by atoms with E-state index in [2.05, 4.69) is 5.32 Å². The molecule has 6 N–H and O–H groups in total. The van der Waals surface area contributed by atoms with Crippen molar-refractivity contribution < 1.29 is 35.0 Å². The lowest BCUT2D eigenvalue weighted by atomic mass is 9.89. The van der Waals surface area contributed by atoms with Crippen LogP contribution < -0.4 is 10.1 Å². The minimum atomic E-state index is -2.01. The second kappa shape index (κ2) is 8.68. The van der Waals surface area contributed by atoms with E-state index in [1.54, 1.807) is 18.2 Å². The first kappa shape index (κ1) is 21.3. The Morgan fingerprint density at radius 2 is 1.83 bits per heavy atom. The van der Waals surface area contributed by atoms with Gasteiger partial charge in [-0.2, -0.15) is 0 Å². The number of benzene rings is 2. The number of hydrogen-bond donors (Lipinski definition) is 6. The van der Waals surface area contributed by atoms with Gasteiger partial charge in [-0.05, 0) is 41.3 Å². The molecule has 1 fully saturated rings. The zero-order chi connectivity index (χ0) is 21.4. The van der Waals surface area contributed by atoms with Crippen molar-refractivity contribution in [1.82, 2.24) is 0 Å². The van der Waals surface area contributed by atoms with Crippen molar-refractivity contribution in [3.63, 3.8) is 0 Å². The van der Waals surface area contributed by atoms with E-state index < -0.39 is 36.8 Å². The molecule has 0 radical (unpaired) electrons. The van der Waals surface area contributed by atoms with E-state index in [0.29, 0.717) is 23.6 Å². The lowest BCUT2D eigenvalue weighted by Gasteiger charge is -2.41. The fraction of sp³-hybridized carbons (Fsp3) is 0.429. The van der Waals surface area contributed by atoms with E-state index in [4.69, 9.17) is 21.1 Å². The topological polar surface area (TPSA) is 132 Å². The summed E-state index contributed by atoms with van der Waals surface area (Å²) in [5.74, 6) is 0.796. The van der Waals surface area contributed by atoms with E-state index in [0.717, 1.165) is 29.1 Å². The fourth-order valence-corrected chi connectivity index (χ4v) is 4.04. The van der Waals surface area contributed by atoms with E-state index in [-0.39, 0.29) is 0 Å². The molecule has 2 aromatic rings. The van der Waals surface area contributed by atoms with Crippen LogP contribution in [0.4, 0.5) is 5.69 Å². The zero-order valence-corrected chi connectivity index (χ0v) is 16.7. The Hall–Kier alpha value is -1.91. The molecule has 0 bridgehead atoms. The van der Waals surface area contributed by atoms with Crippen LogP contribution in [0.15, 0.2) is 36.4 Å². The van der Waals surface area contributed by atoms with Gasteiger partial charge < -0.3 is 40.3 Å². The predicted molar refractivity (Wildman–Crippen MR) is 109 cm³/mol. The van der Waals surface area contributed by atoms with E-state index >= 15 is 0 Å². The summed E-state index contributed by atoms with van der Waals surface area (Å²) in [6.07, 6.45) is -8.71. The van der Waals surface area contributed by atoms with Crippen LogP contribution in [0.5, 0.6) is 5.75 Å². The second-order valence-electron chi connectivity index (χ2n) is 7.54. The van der Waals surface area contributed by atoms with Crippen LogP contribution in [0, 0.1) is 0 Å². The molecule has 0 spiro atoms. The molecule has 0 aliphatic carbocycles. The van der Waals surface area contributed by atoms with Gasteiger partial charge in [0.15, 0.2) is 6.29 Å². The molecule has 0 aromatic heterocycles. The Balaban J connectivity index is 1.60. The van der Waals surface area contributed by atoms with E-state index in [1.165, 1.54) is 0 Å².